The molecule has 234 valence electrons. The van der Waals surface area contributed by atoms with Gasteiger partial charge in [-0.1, -0.05) is 156 Å². The summed E-state index contributed by atoms with van der Waals surface area (Å²) in [6.45, 7) is 14.6. The van der Waals surface area contributed by atoms with E-state index in [1.54, 1.807) is 0 Å². The summed E-state index contributed by atoms with van der Waals surface area (Å²) in [5.74, 6) is 0.812. The van der Waals surface area contributed by atoms with E-state index in [2.05, 4.69) is 133 Å². The topological polar surface area (TPSA) is 7.60 Å². The number of nitrogens with zero attached hydrogens (tertiary/aromatic N) is 2. The van der Waals surface area contributed by atoms with Crippen LogP contribution in [0.15, 0.2) is 109 Å². The van der Waals surface area contributed by atoms with E-state index >= 15 is 0 Å². The fourth-order valence-corrected chi connectivity index (χ4v) is 7.32. The van der Waals surface area contributed by atoms with Gasteiger partial charge in [-0.15, -0.1) is 0 Å². The predicted octanol–water partition coefficient (Wildman–Crippen LogP) is 12.7. The summed E-state index contributed by atoms with van der Waals surface area (Å²) < 4.78 is 0. The Morgan fingerprint density at radius 1 is 0.500 bits per heavy atom. The minimum Gasteiger partial charge on any atom is -0.296 e. The quantitative estimate of drug-likeness (QED) is 0.0643. The fourth-order valence-electron chi connectivity index (χ4n) is 7.32. The van der Waals surface area contributed by atoms with Crippen molar-refractivity contribution in [3.8, 4) is 0 Å². The van der Waals surface area contributed by atoms with Gasteiger partial charge in [0.15, 0.2) is 0 Å². The SMILES string of the molecule is [C-]#[N+]C(CCCCCCCCCC(C)C)N(Cc1c2ccccc2cc2ccccc12)Cc1c2ccccc2cc2ccccc12. The van der Waals surface area contributed by atoms with E-state index in [1.165, 1.54) is 99.2 Å². The molecule has 1 unspecified atom stereocenters. The van der Waals surface area contributed by atoms with Crippen LogP contribution >= 0.6 is 0 Å². The lowest BCUT2D eigenvalue weighted by Crippen LogP contribution is -2.32. The highest BCUT2D eigenvalue weighted by atomic mass is 15.2. The summed E-state index contributed by atoms with van der Waals surface area (Å²) in [5.41, 5.74) is 2.65. The van der Waals surface area contributed by atoms with E-state index in [0.717, 1.165) is 31.8 Å². The largest absolute Gasteiger partial charge is 0.296 e. The molecule has 0 aromatic heterocycles. The van der Waals surface area contributed by atoms with E-state index in [9.17, 15) is 0 Å². The lowest BCUT2D eigenvalue weighted by atomic mass is 9.94. The zero-order valence-corrected chi connectivity index (χ0v) is 27.7. The molecule has 0 aliphatic carbocycles. The summed E-state index contributed by atoms with van der Waals surface area (Å²) in [5, 5.41) is 10.2. The van der Waals surface area contributed by atoms with E-state index < -0.39 is 0 Å². The van der Waals surface area contributed by atoms with E-state index in [4.69, 9.17) is 6.57 Å². The molecule has 0 bridgehead atoms. The van der Waals surface area contributed by atoms with Crippen LogP contribution in [-0.2, 0) is 13.1 Å². The zero-order chi connectivity index (χ0) is 31.7. The van der Waals surface area contributed by atoms with Gasteiger partial charge in [0.1, 0.15) is 0 Å². The molecule has 2 nitrogen and oxygen atoms in total. The standard InChI is InChI=1S/C44H48N2/c1-33(2)19-9-7-5-4-6-8-10-28-44(45-3)46(31-42-38-24-15-11-20-34(38)29-35-21-12-16-25-39(35)42)32-43-40-26-17-13-22-36(40)30-37-23-14-18-27-41(37)43/h11-18,20-27,29-30,33,44H,4-10,19,28,31-32H2,1-2H3. The highest BCUT2D eigenvalue weighted by molar-refractivity contribution is 6.03. The number of unbranched alkanes of at least 4 members (excludes halogenated alkanes) is 6. The molecule has 0 spiro atoms. The Bertz CT molecular complexity index is 1720. The monoisotopic (exact) mass is 604 g/mol. The zero-order valence-electron chi connectivity index (χ0n) is 27.7. The van der Waals surface area contributed by atoms with E-state index in [-0.39, 0.29) is 6.17 Å². The average molecular weight is 605 g/mol. The predicted molar refractivity (Wildman–Crippen MR) is 199 cm³/mol. The van der Waals surface area contributed by atoms with Crippen molar-refractivity contribution in [2.75, 3.05) is 0 Å². The maximum Gasteiger partial charge on any atom is 0.280 e. The van der Waals surface area contributed by atoms with Gasteiger partial charge in [-0.25, -0.2) is 11.5 Å². The van der Waals surface area contributed by atoms with Gasteiger partial charge < -0.3 is 0 Å². The summed E-state index contributed by atoms with van der Waals surface area (Å²) in [6, 6.07) is 39.7. The molecule has 0 saturated carbocycles. The van der Waals surface area contributed by atoms with Crippen LogP contribution in [0.2, 0.25) is 0 Å². The molecule has 6 aromatic rings. The number of hydrogen-bond acceptors (Lipinski definition) is 1. The number of benzene rings is 6. The van der Waals surface area contributed by atoms with Crippen molar-refractivity contribution in [3.63, 3.8) is 0 Å². The molecule has 0 aliphatic rings. The Balaban J connectivity index is 1.31. The molecule has 0 fully saturated rings. The first-order valence-electron chi connectivity index (χ1n) is 17.5. The van der Waals surface area contributed by atoms with Gasteiger partial charge in [0, 0.05) is 19.5 Å². The van der Waals surface area contributed by atoms with E-state index in [0.29, 0.717) is 0 Å². The van der Waals surface area contributed by atoms with Crippen LogP contribution in [0.4, 0.5) is 0 Å². The van der Waals surface area contributed by atoms with Crippen LogP contribution in [0.5, 0.6) is 0 Å². The van der Waals surface area contributed by atoms with Gasteiger partial charge in [-0.3, -0.25) is 4.85 Å². The molecule has 0 amide bonds. The molecule has 0 radical (unpaired) electrons. The minimum atomic E-state index is -0.179. The molecular weight excluding hydrogens is 556 g/mol. The lowest BCUT2D eigenvalue weighted by Gasteiger charge is -2.27. The second kappa shape index (κ2) is 15.4. The Labute approximate surface area is 275 Å². The third-order valence-electron chi connectivity index (χ3n) is 9.80. The highest BCUT2D eigenvalue weighted by Crippen LogP contribution is 2.34. The summed E-state index contributed by atoms with van der Waals surface area (Å²) in [4.78, 5) is 6.84. The molecule has 0 N–H and O–H groups in total. The van der Waals surface area contributed by atoms with Gasteiger partial charge in [-0.2, -0.15) is 0 Å². The second-order valence-corrected chi connectivity index (χ2v) is 13.6. The van der Waals surface area contributed by atoms with Crippen LogP contribution in [-0.4, -0.2) is 11.1 Å². The molecule has 0 heterocycles. The van der Waals surface area contributed by atoms with Gasteiger partial charge in [0.05, 0.1) is 0 Å². The molecule has 6 aromatic carbocycles. The minimum absolute atomic E-state index is 0.179. The maximum absolute atomic E-state index is 8.48. The first-order chi connectivity index (χ1) is 22.6. The number of hydrogen-bond donors (Lipinski definition) is 0. The van der Waals surface area contributed by atoms with Crippen LogP contribution in [0.1, 0.15) is 82.8 Å². The average Bonchev–Trinajstić information content (AvgIpc) is 3.08. The third-order valence-corrected chi connectivity index (χ3v) is 9.80. The Morgan fingerprint density at radius 2 is 0.848 bits per heavy atom. The smallest absolute Gasteiger partial charge is 0.280 e. The summed E-state index contributed by atoms with van der Waals surface area (Å²) in [7, 11) is 0. The summed E-state index contributed by atoms with van der Waals surface area (Å²) >= 11 is 0. The summed E-state index contributed by atoms with van der Waals surface area (Å²) in [6.07, 6.45) is 11.0. The molecule has 6 rings (SSSR count). The fraction of sp³-hybridized carbons (Fsp3) is 0.341. The van der Waals surface area contributed by atoms with Crippen molar-refractivity contribution < 1.29 is 0 Å². The second-order valence-electron chi connectivity index (χ2n) is 13.6. The van der Waals surface area contributed by atoms with Gasteiger partial charge in [-0.05, 0) is 78.7 Å². The van der Waals surface area contributed by atoms with Crippen LogP contribution < -0.4 is 0 Å². The molecule has 0 aliphatic heterocycles. The van der Waals surface area contributed by atoms with Crippen molar-refractivity contribution in [3.05, 3.63) is 132 Å². The van der Waals surface area contributed by atoms with E-state index in [1.807, 2.05) is 0 Å². The Morgan fingerprint density at radius 3 is 1.22 bits per heavy atom. The maximum atomic E-state index is 8.48. The molecular formula is C44H48N2. The van der Waals surface area contributed by atoms with Gasteiger partial charge in [0.25, 0.3) is 6.17 Å². The van der Waals surface area contributed by atoms with Crippen molar-refractivity contribution in [2.45, 2.75) is 90.9 Å². The molecule has 46 heavy (non-hydrogen) atoms. The van der Waals surface area contributed by atoms with Gasteiger partial charge >= 0.3 is 0 Å². The van der Waals surface area contributed by atoms with Crippen LogP contribution in [0.3, 0.4) is 0 Å². The molecule has 2 heteroatoms. The third kappa shape index (κ3) is 7.43. The lowest BCUT2D eigenvalue weighted by molar-refractivity contribution is 0.200. The van der Waals surface area contributed by atoms with Crippen molar-refractivity contribution in [1.82, 2.24) is 4.90 Å². The number of rotatable bonds is 15. The van der Waals surface area contributed by atoms with Crippen molar-refractivity contribution in [1.29, 1.82) is 0 Å². The number of fused-ring (bicyclic) bond motifs is 4. The Hall–Kier alpha value is -4.19. The first kappa shape index (κ1) is 31.8. The first-order valence-corrected chi connectivity index (χ1v) is 17.5. The normalized spacial score (nSPS) is 12.5. The van der Waals surface area contributed by atoms with Crippen LogP contribution in [0.25, 0.3) is 47.9 Å². The molecule has 0 saturated heterocycles. The van der Waals surface area contributed by atoms with Gasteiger partial charge in [0.2, 0.25) is 0 Å². The highest BCUT2D eigenvalue weighted by Gasteiger charge is 2.26. The van der Waals surface area contributed by atoms with Crippen molar-refractivity contribution in [2.24, 2.45) is 5.92 Å². The van der Waals surface area contributed by atoms with Crippen molar-refractivity contribution >= 4 is 43.1 Å². The molecule has 1 atom stereocenters. The Kier molecular flexibility index (Phi) is 10.6. The van der Waals surface area contributed by atoms with Crippen LogP contribution in [0, 0.1) is 12.5 Å².